The van der Waals surface area contributed by atoms with Gasteiger partial charge in [0, 0.05) is 6.42 Å². The largest absolute Gasteiger partial charge is 0.508 e. The predicted octanol–water partition coefficient (Wildman–Crippen LogP) is -6.41. The van der Waals surface area contributed by atoms with Crippen LogP contribution in [-0.4, -0.2) is 151 Å². The van der Waals surface area contributed by atoms with E-state index in [9.17, 15) is 58.5 Å². The summed E-state index contributed by atoms with van der Waals surface area (Å²) >= 11 is 0. The lowest BCUT2D eigenvalue weighted by Gasteiger charge is -2.26. The molecule has 53 heavy (non-hydrogen) atoms. The highest BCUT2D eigenvalue weighted by Crippen LogP contribution is 2.11. The van der Waals surface area contributed by atoms with Crippen LogP contribution in [-0.2, 0) is 49.6 Å². The second kappa shape index (κ2) is 22.1. The van der Waals surface area contributed by atoms with E-state index in [-0.39, 0.29) is 12.2 Å². The average molecular weight is 758 g/mol. The summed E-state index contributed by atoms with van der Waals surface area (Å²) in [6.07, 6.45) is -2.45. The number of hydrogen-bond donors (Lipinski definition) is 14. The molecule has 23 heteroatoms. The molecule has 294 valence electrons. The number of phenols is 1. The highest BCUT2D eigenvalue weighted by atomic mass is 16.4. The van der Waals surface area contributed by atoms with Crippen molar-refractivity contribution in [3.05, 3.63) is 29.8 Å². The van der Waals surface area contributed by atoms with Gasteiger partial charge in [-0.2, -0.15) is 0 Å². The van der Waals surface area contributed by atoms with Crippen LogP contribution >= 0.6 is 0 Å². The molecule has 15 N–H and O–H groups in total. The fourth-order valence-corrected chi connectivity index (χ4v) is 4.24. The van der Waals surface area contributed by atoms with Gasteiger partial charge in [-0.15, -0.1) is 0 Å². The molecule has 1 rings (SSSR count). The Morgan fingerprint density at radius 3 is 1.49 bits per heavy atom. The van der Waals surface area contributed by atoms with E-state index in [4.69, 9.17) is 26.2 Å². The lowest BCUT2D eigenvalue weighted by molar-refractivity contribution is -0.144. The van der Waals surface area contributed by atoms with Crippen LogP contribution in [0.3, 0.4) is 0 Å². The van der Waals surface area contributed by atoms with Gasteiger partial charge in [0.05, 0.1) is 32.3 Å². The normalized spacial score (nSPS) is 14.7. The van der Waals surface area contributed by atoms with Crippen molar-refractivity contribution < 1.29 is 78.9 Å². The molecule has 1 aromatic rings. The summed E-state index contributed by atoms with van der Waals surface area (Å²) in [4.78, 5) is 110. The molecule has 0 aliphatic heterocycles. The number of amides is 6. The van der Waals surface area contributed by atoms with E-state index < -0.39 is 135 Å². The van der Waals surface area contributed by atoms with Gasteiger partial charge in [-0.05, 0) is 37.5 Å². The molecule has 0 aliphatic rings. The van der Waals surface area contributed by atoms with Gasteiger partial charge in [0.15, 0.2) is 0 Å². The molecule has 0 spiro atoms. The molecule has 0 saturated carbocycles. The van der Waals surface area contributed by atoms with Crippen LogP contribution in [0.4, 0.5) is 0 Å². The first kappa shape index (κ1) is 45.1. The smallest absolute Gasteiger partial charge is 0.328 e. The van der Waals surface area contributed by atoms with E-state index in [2.05, 4.69) is 16.0 Å². The van der Waals surface area contributed by atoms with E-state index in [0.29, 0.717) is 5.56 Å². The quantitative estimate of drug-likeness (QED) is 0.0493. The Labute approximate surface area is 300 Å². The molecule has 0 saturated heterocycles. The summed E-state index contributed by atoms with van der Waals surface area (Å²) in [5, 5.41) is 77.6. The maximum atomic E-state index is 13.1. The number of nitrogens with one attached hydrogen (secondary N) is 6. The number of aromatic hydroxyl groups is 1. The van der Waals surface area contributed by atoms with Crippen molar-refractivity contribution in [1.82, 2.24) is 31.9 Å². The highest BCUT2D eigenvalue weighted by molar-refractivity contribution is 5.97. The van der Waals surface area contributed by atoms with Gasteiger partial charge < -0.3 is 73.4 Å². The van der Waals surface area contributed by atoms with Crippen LogP contribution < -0.4 is 37.6 Å². The van der Waals surface area contributed by atoms with Crippen LogP contribution in [0.1, 0.15) is 31.7 Å². The van der Waals surface area contributed by atoms with Crippen molar-refractivity contribution >= 4 is 53.4 Å². The number of carboxylic acid groups (broad SMARTS) is 3. The SMILES string of the molecule is C[C@H](NC(=O)[C@@H](N)Cc1ccc(O)cc1)C(=O)N[C@@H](CO)C(=O)N[C@@H](CCC(=O)O)C(=O)N[C@@H](CO)C(=O)N[C@@H](CC(=O)O)C(=O)N[C@@H](CO)C(=O)O. The number of aliphatic hydroxyl groups is 3. The molecule has 0 unspecified atom stereocenters. The standard InChI is InChI=1S/C30H43N7O16/c1-13(32-25(47)16(31)8-14-2-4-15(41)5-3-14)24(46)35-19(10-38)28(50)33-17(6-7-22(42)43)26(48)36-20(11-39)29(51)34-18(9-23(44)45)27(49)37-21(12-40)30(52)53/h2-5,13,16-21,38-41H,6-12,31H2,1H3,(H,32,47)(H,33,50)(H,34,51)(H,35,46)(H,36,48)(H,37,49)(H,42,43)(H,44,45)(H,52,53)/t13-,16-,17-,18-,19-,20-,21-/m0/s1. The number of carboxylic acids is 3. The van der Waals surface area contributed by atoms with E-state index in [0.717, 1.165) is 0 Å². The van der Waals surface area contributed by atoms with Crippen molar-refractivity contribution in [2.45, 2.75) is 74.9 Å². The van der Waals surface area contributed by atoms with Gasteiger partial charge in [0.1, 0.15) is 42.0 Å². The summed E-state index contributed by atoms with van der Waals surface area (Å²) in [7, 11) is 0. The zero-order valence-corrected chi connectivity index (χ0v) is 28.2. The van der Waals surface area contributed by atoms with Crippen LogP contribution in [0, 0.1) is 0 Å². The number of aliphatic carboxylic acids is 3. The van der Waals surface area contributed by atoms with Crippen molar-refractivity contribution in [2.75, 3.05) is 19.8 Å². The van der Waals surface area contributed by atoms with Crippen molar-refractivity contribution in [2.24, 2.45) is 5.73 Å². The third kappa shape index (κ3) is 15.9. The zero-order valence-electron chi connectivity index (χ0n) is 28.2. The van der Waals surface area contributed by atoms with Gasteiger partial charge in [-0.1, -0.05) is 12.1 Å². The predicted molar refractivity (Wildman–Crippen MR) is 175 cm³/mol. The topological polar surface area (TPSA) is 393 Å². The number of benzene rings is 1. The molecule has 0 radical (unpaired) electrons. The van der Waals surface area contributed by atoms with Crippen molar-refractivity contribution in [3.63, 3.8) is 0 Å². The number of carbonyl (C=O) groups excluding carboxylic acids is 6. The van der Waals surface area contributed by atoms with Crippen LogP contribution in [0.15, 0.2) is 24.3 Å². The summed E-state index contributed by atoms with van der Waals surface area (Å²) < 4.78 is 0. The first-order valence-electron chi connectivity index (χ1n) is 15.7. The summed E-state index contributed by atoms with van der Waals surface area (Å²) in [6, 6.07) is -5.96. The summed E-state index contributed by atoms with van der Waals surface area (Å²) in [5.74, 6) is -11.8. The number of rotatable bonds is 23. The number of nitrogens with two attached hydrogens (primary N) is 1. The Hall–Kier alpha value is -5.91. The zero-order chi connectivity index (χ0) is 40.4. The van der Waals surface area contributed by atoms with Crippen LogP contribution in [0.2, 0.25) is 0 Å². The van der Waals surface area contributed by atoms with E-state index in [1.54, 1.807) is 5.32 Å². The number of aliphatic hydroxyl groups excluding tert-OH is 3. The van der Waals surface area contributed by atoms with Gasteiger partial charge >= 0.3 is 17.9 Å². The molecular weight excluding hydrogens is 714 g/mol. The van der Waals surface area contributed by atoms with Gasteiger partial charge in [-0.25, -0.2) is 4.79 Å². The monoisotopic (exact) mass is 757 g/mol. The maximum Gasteiger partial charge on any atom is 0.328 e. The molecule has 6 amide bonds. The first-order valence-corrected chi connectivity index (χ1v) is 15.7. The third-order valence-corrected chi connectivity index (χ3v) is 7.20. The minimum absolute atomic E-state index is 0.00328. The molecule has 23 nitrogen and oxygen atoms in total. The lowest BCUT2D eigenvalue weighted by atomic mass is 10.1. The van der Waals surface area contributed by atoms with Crippen molar-refractivity contribution in [3.8, 4) is 5.75 Å². The summed E-state index contributed by atoms with van der Waals surface area (Å²) in [6.45, 7) is -2.11. The molecule has 0 fully saturated rings. The number of phenolic OH excluding ortho intramolecular Hbond substituents is 1. The fraction of sp³-hybridized carbons (Fsp3) is 0.500. The van der Waals surface area contributed by atoms with E-state index in [1.807, 2.05) is 10.6 Å². The number of carbonyl (C=O) groups is 9. The Kier molecular flexibility index (Phi) is 18.8. The van der Waals surface area contributed by atoms with Gasteiger partial charge in [0.2, 0.25) is 35.4 Å². The first-order chi connectivity index (χ1) is 24.8. The molecule has 1 aromatic carbocycles. The molecule has 0 aliphatic carbocycles. The van der Waals surface area contributed by atoms with Gasteiger partial charge in [-0.3, -0.25) is 38.4 Å². The number of hydrogen-bond acceptors (Lipinski definition) is 14. The second-order valence-corrected chi connectivity index (χ2v) is 11.4. The molecule has 7 atom stereocenters. The molecular formula is C30H43N7O16. The molecule has 0 heterocycles. The minimum atomic E-state index is -1.97. The van der Waals surface area contributed by atoms with E-state index in [1.165, 1.54) is 31.2 Å². The lowest BCUT2D eigenvalue weighted by Crippen LogP contribution is -2.61. The average Bonchev–Trinajstić information content (AvgIpc) is 3.09. The van der Waals surface area contributed by atoms with Gasteiger partial charge in [0.25, 0.3) is 0 Å². The molecule has 0 bridgehead atoms. The third-order valence-electron chi connectivity index (χ3n) is 7.20. The fourth-order valence-electron chi connectivity index (χ4n) is 4.24. The Morgan fingerprint density at radius 2 is 1.02 bits per heavy atom. The van der Waals surface area contributed by atoms with E-state index >= 15 is 0 Å². The summed E-state index contributed by atoms with van der Waals surface area (Å²) in [5.41, 5.74) is 6.50. The Balaban J connectivity index is 2.99. The Bertz CT molecular complexity index is 1490. The Morgan fingerprint density at radius 1 is 0.585 bits per heavy atom. The minimum Gasteiger partial charge on any atom is -0.508 e. The molecule has 0 aromatic heterocycles. The van der Waals surface area contributed by atoms with Crippen LogP contribution in [0.5, 0.6) is 5.75 Å². The van der Waals surface area contributed by atoms with Crippen LogP contribution in [0.25, 0.3) is 0 Å². The second-order valence-electron chi connectivity index (χ2n) is 11.4. The van der Waals surface area contributed by atoms with Crippen molar-refractivity contribution in [1.29, 1.82) is 0 Å². The highest BCUT2D eigenvalue weighted by Gasteiger charge is 2.33. The maximum absolute atomic E-state index is 13.1.